The van der Waals surface area contributed by atoms with Gasteiger partial charge in [-0.05, 0) is 188 Å². The van der Waals surface area contributed by atoms with Crippen LogP contribution in [0.2, 0.25) is 0 Å². The Labute approximate surface area is 331 Å². The standard InChI is InChI=1S/C24H35NO.C24H33NO.2CH4/c2*1-16(5-4-14-25)20-8-9-21-19-7-6-17-15-18(26)10-12-23(17,2)22(19)11-13-24(20,21)3;;/h15-16,19-22H,4-13H2,1-3H3;6-7,15-16,19-22H,4-5,8-13H2,1-3H3;2*1H4/t2*16-,19?,20?,21?,22?,23+,24-;;/m11../s1. The molecular weight excluding hydrogens is 661 g/mol. The van der Waals surface area contributed by atoms with E-state index < -0.39 is 0 Å². The fourth-order valence-corrected chi connectivity index (χ4v) is 15.5. The molecule has 0 spiro atoms. The molecule has 54 heavy (non-hydrogen) atoms. The second-order valence-electron chi connectivity index (χ2n) is 20.4. The Morgan fingerprint density at radius 1 is 0.648 bits per heavy atom. The van der Waals surface area contributed by atoms with E-state index >= 15 is 0 Å². The number of hydrogen-bond acceptors (Lipinski definition) is 4. The molecule has 0 bridgehead atoms. The smallest absolute Gasteiger partial charge is 0.156 e. The van der Waals surface area contributed by atoms with Crippen LogP contribution < -0.4 is 0 Å². The summed E-state index contributed by atoms with van der Waals surface area (Å²) < 4.78 is 0. The van der Waals surface area contributed by atoms with Crippen LogP contribution in [-0.4, -0.2) is 11.6 Å². The SMILES string of the molecule is C.C.C[C@H](CCC#N)C1CCC2C3C=CC4=CC(=O)CC[C@]4(C)C3CC[C@@]21C.C[C@H](CCC#N)C1CCC2C3CCC4=CC(=O)CC[C@]4(C)C3CC[C@@]21C. The van der Waals surface area contributed by atoms with Crippen molar-refractivity contribution in [3.8, 4) is 12.1 Å². The molecule has 0 N–H and O–H groups in total. The van der Waals surface area contributed by atoms with Crippen molar-refractivity contribution in [3.05, 3.63) is 35.5 Å². The first-order valence-electron chi connectivity index (χ1n) is 21.7. The topological polar surface area (TPSA) is 81.7 Å². The lowest BCUT2D eigenvalue weighted by molar-refractivity contribution is -0.118. The van der Waals surface area contributed by atoms with Gasteiger partial charge in [0.2, 0.25) is 0 Å². The Balaban J connectivity index is 0.000000200. The average molecular weight is 737 g/mol. The van der Waals surface area contributed by atoms with Crippen LogP contribution >= 0.6 is 0 Å². The van der Waals surface area contributed by atoms with E-state index in [4.69, 9.17) is 10.5 Å². The van der Waals surface area contributed by atoms with E-state index in [0.29, 0.717) is 64.3 Å². The number of carbonyl (C=O) groups excluding carboxylic acids is 2. The number of hydrogen-bond donors (Lipinski definition) is 0. The van der Waals surface area contributed by atoms with Gasteiger partial charge in [-0.3, -0.25) is 9.59 Å². The fraction of sp³-hybridized carbons (Fsp3) is 0.800. The molecule has 4 nitrogen and oxygen atoms in total. The van der Waals surface area contributed by atoms with Crippen molar-refractivity contribution in [2.75, 3.05) is 0 Å². The molecule has 0 radical (unpaired) electrons. The van der Waals surface area contributed by atoms with E-state index in [1.54, 1.807) is 0 Å². The van der Waals surface area contributed by atoms with Crippen LogP contribution in [0.15, 0.2) is 35.5 Å². The van der Waals surface area contributed by atoms with Crippen LogP contribution in [0, 0.1) is 104 Å². The molecule has 8 aliphatic carbocycles. The highest BCUT2D eigenvalue weighted by Gasteiger charge is 2.60. The highest BCUT2D eigenvalue weighted by Crippen LogP contribution is 2.68. The maximum atomic E-state index is 12.0. The zero-order valence-corrected chi connectivity index (χ0v) is 33.5. The van der Waals surface area contributed by atoms with Crippen molar-refractivity contribution >= 4 is 11.6 Å². The summed E-state index contributed by atoms with van der Waals surface area (Å²) in [6.07, 6.45) is 29.1. The summed E-state index contributed by atoms with van der Waals surface area (Å²) in [5.74, 6) is 8.28. The van der Waals surface area contributed by atoms with Crippen LogP contribution in [0.4, 0.5) is 0 Å². The number of nitriles is 2. The molecule has 0 saturated heterocycles. The summed E-state index contributed by atoms with van der Waals surface area (Å²) in [7, 11) is 0. The zero-order chi connectivity index (χ0) is 37.1. The van der Waals surface area contributed by atoms with Crippen LogP contribution in [0.1, 0.15) is 172 Å². The predicted molar refractivity (Wildman–Crippen MR) is 222 cm³/mol. The molecule has 0 aromatic carbocycles. The molecule has 5 fully saturated rings. The molecule has 5 saturated carbocycles. The third-order valence-corrected chi connectivity index (χ3v) is 18.4. The molecule has 0 aromatic rings. The van der Waals surface area contributed by atoms with Gasteiger partial charge >= 0.3 is 0 Å². The van der Waals surface area contributed by atoms with Crippen LogP contribution in [0.5, 0.6) is 0 Å². The van der Waals surface area contributed by atoms with Crippen molar-refractivity contribution in [3.63, 3.8) is 0 Å². The van der Waals surface area contributed by atoms with Crippen molar-refractivity contribution in [1.29, 1.82) is 10.5 Å². The largest absolute Gasteiger partial charge is 0.295 e. The second-order valence-corrected chi connectivity index (χ2v) is 20.4. The van der Waals surface area contributed by atoms with Gasteiger partial charge in [-0.15, -0.1) is 0 Å². The van der Waals surface area contributed by atoms with Crippen molar-refractivity contribution < 1.29 is 9.59 Å². The molecule has 8 aliphatic rings. The second kappa shape index (κ2) is 16.2. The van der Waals surface area contributed by atoms with E-state index in [2.05, 4.69) is 65.8 Å². The summed E-state index contributed by atoms with van der Waals surface area (Å²) >= 11 is 0. The van der Waals surface area contributed by atoms with E-state index in [1.807, 2.05) is 12.2 Å². The summed E-state index contributed by atoms with van der Waals surface area (Å²) in [6, 6.07) is 4.70. The van der Waals surface area contributed by atoms with Gasteiger partial charge < -0.3 is 0 Å². The summed E-state index contributed by atoms with van der Waals surface area (Å²) in [6.45, 7) is 14.8. The quantitative estimate of drug-likeness (QED) is 0.272. The van der Waals surface area contributed by atoms with Gasteiger partial charge in [-0.25, -0.2) is 0 Å². The Morgan fingerprint density at radius 2 is 1.19 bits per heavy atom. The highest BCUT2D eigenvalue weighted by atomic mass is 16.1. The van der Waals surface area contributed by atoms with Crippen LogP contribution in [0.25, 0.3) is 0 Å². The Kier molecular flexibility index (Phi) is 12.8. The average Bonchev–Trinajstić information content (AvgIpc) is 3.67. The minimum Gasteiger partial charge on any atom is -0.295 e. The minimum atomic E-state index is 0. The Bertz CT molecular complexity index is 1590. The third kappa shape index (κ3) is 6.96. The van der Waals surface area contributed by atoms with Crippen molar-refractivity contribution in [1.82, 2.24) is 0 Å². The first-order valence-corrected chi connectivity index (χ1v) is 21.7. The molecule has 8 unspecified atom stereocenters. The zero-order valence-electron chi connectivity index (χ0n) is 33.5. The van der Waals surface area contributed by atoms with E-state index in [-0.39, 0.29) is 20.3 Å². The number of ketones is 2. The summed E-state index contributed by atoms with van der Waals surface area (Å²) in [5, 5.41) is 18.0. The Morgan fingerprint density at radius 3 is 1.80 bits per heavy atom. The van der Waals surface area contributed by atoms with Gasteiger partial charge in [0.05, 0.1) is 12.1 Å². The lowest BCUT2D eigenvalue weighted by Gasteiger charge is -2.58. The maximum Gasteiger partial charge on any atom is 0.156 e. The molecule has 8 rings (SSSR count). The number of allylic oxidation sites excluding steroid dienone is 5. The van der Waals surface area contributed by atoms with Gasteiger partial charge in [0.25, 0.3) is 0 Å². The minimum absolute atomic E-state index is 0. The monoisotopic (exact) mass is 737 g/mol. The first-order chi connectivity index (χ1) is 24.8. The maximum absolute atomic E-state index is 12.0. The molecular formula is C50H76N2O2. The lowest BCUT2D eigenvalue weighted by Crippen LogP contribution is -2.50. The molecule has 0 heterocycles. The molecule has 4 heteroatoms. The van der Waals surface area contributed by atoms with Gasteiger partial charge in [0, 0.05) is 25.7 Å². The van der Waals surface area contributed by atoms with E-state index in [1.165, 1.54) is 68.9 Å². The first kappa shape index (κ1) is 42.7. The van der Waals surface area contributed by atoms with Gasteiger partial charge in [0.15, 0.2) is 11.6 Å². The fourth-order valence-electron chi connectivity index (χ4n) is 15.5. The highest BCUT2D eigenvalue weighted by molar-refractivity contribution is 5.92. The molecule has 0 aromatic heterocycles. The third-order valence-electron chi connectivity index (χ3n) is 18.4. The van der Waals surface area contributed by atoms with Crippen molar-refractivity contribution in [2.45, 2.75) is 172 Å². The molecule has 298 valence electrons. The summed E-state index contributed by atoms with van der Waals surface area (Å²) in [5.41, 5.74) is 4.20. The van der Waals surface area contributed by atoms with Crippen LogP contribution in [-0.2, 0) is 9.59 Å². The van der Waals surface area contributed by atoms with Crippen LogP contribution in [0.3, 0.4) is 0 Å². The summed E-state index contributed by atoms with van der Waals surface area (Å²) in [4.78, 5) is 23.9. The number of nitrogens with zero attached hydrogens (tertiary/aromatic N) is 2. The molecule has 0 aliphatic heterocycles. The normalized spacial score (nSPS) is 43.8. The molecule has 0 amide bonds. The molecule has 14 atom stereocenters. The van der Waals surface area contributed by atoms with Gasteiger partial charge in [-0.1, -0.05) is 74.1 Å². The van der Waals surface area contributed by atoms with E-state index in [0.717, 1.165) is 80.5 Å². The predicted octanol–water partition coefficient (Wildman–Crippen LogP) is 13.2. The Hall–Kier alpha value is -2.46. The number of rotatable bonds is 6. The van der Waals surface area contributed by atoms with Gasteiger partial charge in [-0.2, -0.15) is 10.5 Å². The number of carbonyl (C=O) groups is 2. The lowest BCUT2D eigenvalue weighted by atomic mass is 9.46. The number of fused-ring (bicyclic) bond motifs is 10. The van der Waals surface area contributed by atoms with Crippen molar-refractivity contribution in [2.24, 2.45) is 80.8 Å². The van der Waals surface area contributed by atoms with E-state index in [9.17, 15) is 9.59 Å². The van der Waals surface area contributed by atoms with Gasteiger partial charge in [0.1, 0.15) is 0 Å².